The highest BCUT2D eigenvalue weighted by atomic mass is 35.5. The number of halogens is 1. The van der Waals surface area contributed by atoms with Gasteiger partial charge < -0.3 is 0 Å². The van der Waals surface area contributed by atoms with E-state index >= 15 is 0 Å². The highest BCUT2D eigenvalue weighted by Gasteiger charge is 2.17. The summed E-state index contributed by atoms with van der Waals surface area (Å²) in [5, 5.41) is 2.76. The number of aromatic nitrogens is 2. The van der Waals surface area contributed by atoms with Crippen LogP contribution in [-0.4, -0.2) is 4.40 Å². The Balaban J connectivity index is 2.12. The average Bonchev–Trinajstić information content (AvgIpc) is 2.90. The second-order valence-electron chi connectivity index (χ2n) is 4.73. The van der Waals surface area contributed by atoms with E-state index in [1.807, 2.05) is 48.8 Å². The fourth-order valence-corrected chi connectivity index (χ4v) is 2.71. The van der Waals surface area contributed by atoms with Crippen LogP contribution < -0.4 is 10.3 Å². The molecule has 3 nitrogen and oxygen atoms in total. The van der Waals surface area contributed by atoms with E-state index < -0.39 is 0 Å². The Morgan fingerprint density at radius 1 is 0.950 bits per heavy atom. The summed E-state index contributed by atoms with van der Waals surface area (Å²) >= 11 is 5.90. The van der Waals surface area contributed by atoms with Crippen LogP contribution in [0, 0.1) is 0 Å². The van der Waals surface area contributed by atoms with Gasteiger partial charge in [0.2, 0.25) is 0 Å². The van der Waals surface area contributed by atoms with Gasteiger partial charge in [0.25, 0.3) is 0 Å². The summed E-state index contributed by atoms with van der Waals surface area (Å²) in [4.78, 5) is 12.6. The molecule has 0 aliphatic heterocycles. The molecule has 2 aromatic carbocycles. The van der Waals surface area contributed by atoms with Gasteiger partial charge >= 0.3 is 5.69 Å². The molecule has 0 fully saturated rings. The number of para-hydroxylation sites is 1. The number of hydrogen-bond donors (Lipinski definition) is 0. The van der Waals surface area contributed by atoms with Crippen LogP contribution in [0.1, 0.15) is 0 Å². The van der Waals surface area contributed by atoms with Crippen molar-refractivity contribution in [1.29, 1.82) is 0 Å². The van der Waals surface area contributed by atoms with Gasteiger partial charge in [-0.1, -0.05) is 23.7 Å². The summed E-state index contributed by atoms with van der Waals surface area (Å²) in [5.41, 5.74) is 1.68. The molecule has 2 heterocycles. The molecule has 96 valence electrons. The van der Waals surface area contributed by atoms with Crippen LogP contribution in [-0.2, 0) is 0 Å². The van der Waals surface area contributed by atoms with Gasteiger partial charge in [0.15, 0.2) is 5.52 Å². The van der Waals surface area contributed by atoms with Crippen molar-refractivity contribution in [1.82, 2.24) is 4.40 Å². The molecule has 0 aliphatic rings. The summed E-state index contributed by atoms with van der Waals surface area (Å²) in [5.74, 6) is 0. The van der Waals surface area contributed by atoms with Crippen molar-refractivity contribution in [3.63, 3.8) is 0 Å². The first kappa shape index (κ1) is 11.4. The van der Waals surface area contributed by atoms with E-state index in [1.54, 1.807) is 21.1 Å². The molecule has 0 bridgehead atoms. The lowest BCUT2D eigenvalue weighted by Gasteiger charge is -2.01. The third-order valence-corrected chi connectivity index (χ3v) is 3.78. The van der Waals surface area contributed by atoms with Gasteiger partial charge in [-0.05, 0) is 36.4 Å². The van der Waals surface area contributed by atoms with E-state index in [0.717, 1.165) is 22.0 Å². The highest BCUT2D eigenvalue weighted by molar-refractivity contribution is 6.30. The smallest absolute Gasteiger partial charge is 0.196 e. The van der Waals surface area contributed by atoms with Crippen LogP contribution in [0.4, 0.5) is 0 Å². The van der Waals surface area contributed by atoms with Crippen molar-refractivity contribution in [2.24, 2.45) is 0 Å². The Morgan fingerprint density at radius 3 is 2.50 bits per heavy atom. The fourth-order valence-electron chi connectivity index (χ4n) is 2.58. The van der Waals surface area contributed by atoms with E-state index in [4.69, 9.17) is 11.6 Å². The van der Waals surface area contributed by atoms with Crippen LogP contribution >= 0.6 is 11.6 Å². The van der Waals surface area contributed by atoms with Crippen molar-refractivity contribution in [2.45, 2.75) is 0 Å². The maximum atomic E-state index is 12.6. The first-order valence-corrected chi connectivity index (χ1v) is 6.66. The van der Waals surface area contributed by atoms with E-state index in [2.05, 4.69) is 0 Å². The highest BCUT2D eigenvalue weighted by Crippen LogP contribution is 2.19. The molecule has 20 heavy (non-hydrogen) atoms. The van der Waals surface area contributed by atoms with E-state index in [-0.39, 0.29) is 5.69 Å². The van der Waals surface area contributed by atoms with Crippen LogP contribution in [0.25, 0.3) is 22.0 Å². The maximum Gasteiger partial charge on any atom is 0.508 e. The van der Waals surface area contributed by atoms with Gasteiger partial charge in [-0.2, -0.15) is 13.8 Å². The molecule has 0 saturated heterocycles. The summed E-state index contributed by atoms with van der Waals surface area (Å²) in [6.07, 6.45) is 3.68. The zero-order chi connectivity index (χ0) is 13.7. The average molecular weight is 282 g/mol. The Hall–Kier alpha value is -2.39. The monoisotopic (exact) mass is 281 g/mol. The SMILES string of the molecule is O=c1n2ccc3cccc(c[n+]1-c1ccc(Cl)cc1)c32. The van der Waals surface area contributed by atoms with Gasteiger partial charge in [0, 0.05) is 10.4 Å². The molecule has 0 amide bonds. The van der Waals surface area contributed by atoms with Crippen molar-refractivity contribution >= 4 is 27.9 Å². The zero-order valence-electron chi connectivity index (χ0n) is 10.5. The molecule has 2 aromatic heterocycles. The summed E-state index contributed by atoms with van der Waals surface area (Å²) in [7, 11) is 0. The molecule has 0 radical (unpaired) electrons. The Bertz CT molecular complexity index is 973. The Kier molecular flexibility index (Phi) is 2.32. The Labute approximate surface area is 119 Å². The minimum atomic E-state index is -0.0824. The lowest BCUT2D eigenvalue weighted by molar-refractivity contribution is -0.614. The lowest BCUT2D eigenvalue weighted by atomic mass is 10.2. The summed E-state index contributed by atoms with van der Waals surface area (Å²) in [6.45, 7) is 0. The standard InChI is InChI=1S/C16H10ClN2O/c17-13-4-6-14(7-5-13)19-10-12-3-1-2-11-8-9-18(15(11)12)16(19)20/h1-10H/q+1. The predicted molar refractivity (Wildman–Crippen MR) is 78.9 cm³/mol. The molecule has 4 rings (SSSR count). The number of hydrogen-bond acceptors (Lipinski definition) is 1. The number of benzene rings is 2. The van der Waals surface area contributed by atoms with Gasteiger partial charge in [-0.15, -0.1) is 0 Å². The zero-order valence-corrected chi connectivity index (χ0v) is 11.2. The normalized spacial score (nSPS) is 11.4. The lowest BCUT2D eigenvalue weighted by Crippen LogP contribution is -2.50. The molecule has 0 saturated carbocycles. The molecule has 0 atom stereocenters. The third-order valence-electron chi connectivity index (χ3n) is 3.53. The van der Waals surface area contributed by atoms with E-state index in [9.17, 15) is 4.79 Å². The number of nitrogens with zero attached hydrogens (tertiary/aromatic N) is 2. The molecular formula is C16H10ClN2O+. The van der Waals surface area contributed by atoms with Crippen LogP contribution in [0.3, 0.4) is 0 Å². The van der Waals surface area contributed by atoms with Gasteiger partial charge in [0.1, 0.15) is 18.1 Å². The van der Waals surface area contributed by atoms with Crippen LogP contribution in [0.15, 0.2) is 65.7 Å². The second-order valence-corrected chi connectivity index (χ2v) is 5.17. The van der Waals surface area contributed by atoms with Crippen molar-refractivity contribution < 1.29 is 4.57 Å². The largest absolute Gasteiger partial charge is 0.508 e. The maximum absolute atomic E-state index is 12.6. The molecule has 4 aromatic rings. The first-order chi connectivity index (χ1) is 9.74. The van der Waals surface area contributed by atoms with Crippen molar-refractivity contribution in [2.75, 3.05) is 0 Å². The van der Waals surface area contributed by atoms with Gasteiger partial charge in [-0.25, -0.2) is 0 Å². The third kappa shape index (κ3) is 1.53. The second kappa shape index (κ2) is 4.05. The van der Waals surface area contributed by atoms with E-state index in [1.165, 1.54) is 0 Å². The Morgan fingerprint density at radius 2 is 1.70 bits per heavy atom. The topological polar surface area (TPSA) is 25.4 Å². The van der Waals surface area contributed by atoms with Crippen molar-refractivity contribution in [3.05, 3.63) is 76.4 Å². The molecule has 0 N–H and O–H groups in total. The quantitative estimate of drug-likeness (QED) is 0.493. The predicted octanol–water partition coefficient (Wildman–Crippen LogP) is 2.82. The molecule has 0 spiro atoms. The van der Waals surface area contributed by atoms with Crippen LogP contribution in [0.2, 0.25) is 5.02 Å². The summed E-state index contributed by atoms with van der Waals surface area (Å²) in [6, 6.07) is 15.2. The molecule has 0 unspecified atom stereocenters. The molecule has 0 aliphatic carbocycles. The summed E-state index contributed by atoms with van der Waals surface area (Å²) < 4.78 is 3.32. The van der Waals surface area contributed by atoms with Gasteiger partial charge in [-0.3, -0.25) is 0 Å². The first-order valence-electron chi connectivity index (χ1n) is 6.28. The minimum Gasteiger partial charge on any atom is -0.196 e. The molecule has 4 heteroatoms. The molecular weight excluding hydrogens is 272 g/mol. The van der Waals surface area contributed by atoms with E-state index in [0.29, 0.717) is 5.02 Å². The van der Waals surface area contributed by atoms with Crippen molar-refractivity contribution in [3.8, 4) is 5.69 Å². The minimum absolute atomic E-state index is 0.0824. The number of rotatable bonds is 1. The fraction of sp³-hybridized carbons (Fsp3) is 0. The van der Waals surface area contributed by atoms with Crippen LogP contribution in [0.5, 0.6) is 0 Å². The van der Waals surface area contributed by atoms with Gasteiger partial charge in [0.05, 0.1) is 5.39 Å².